The summed E-state index contributed by atoms with van der Waals surface area (Å²) < 4.78 is 65.6. The number of carboxylic acids is 1. The molecule has 5 nitrogen and oxygen atoms in total. The highest BCUT2D eigenvalue weighted by Gasteiger charge is 2.31. The molecule has 0 amide bonds. The molecule has 0 atom stereocenters. The van der Waals surface area contributed by atoms with E-state index in [4.69, 9.17) is 14.6 Å². The summed E-state index contributed by atoms with van der Waals surface area (Å²) in [6, 6.07) is 14.9. The molecular formula is C27H27F4NO4. The van der Waals surface area contributed by atoms with Gasteiger partial charge in [0.05, 0.1) is 12.7 Å². The van der Waals surface area contributed by atoms with Crippen LogP contribution in [0.1, 0.15) is 29.5 Å². The number of aliphatic carboxylic acids is 1. The Balaban J connectivity index is 1.70. The quantitative estimate of drug-likeness (QED) is 0.230. The number of carbonyl (C=O) groups is 1. The van der Waals surface area contributed by atoms with E-state index in [2.05, 4.69) is 5.32 Å². The molecular weight excluding hydrogens is 478 g/mol. The smallest absolute Gasteiger partial charge is 0.416 e. The number of alkyl halides is 3. The normalized spacial score (nSPS) is 11.4. The monoisotopic (exact) mass is 505 g/mol. The first-order chi connectivity index (χ1) is 17.2. The van der Waals surface area contributed by atoms with E-state index in [-0.39, 0.29) is 42.7 Å². The third-order valence-electron chi connectivity index (χ3n) is 5.46. The van der Waals surface area contributed by atoms with Crippen molar-refractivity contribution in [3.63, 3.8) is 0 Å². The van der Waals surface area contributed by atoms with Crippen molar-refractivity contribution in [3.8, 4) is 22.6 Å². The molecule has 0 radical (unpaired) electrons. The van der Waals surface area contributed by atoms with Crippen LogP contribution in [0.2, 0.25) is 0 Å². The van der Waals surface area contributed by atoms with Crippen molar-refractivity contribution in [1.29, 1.82) is 0 Å². The van der Waals surface area contributed by atoms with E-state index in [0.717, 1.165) is 23.4 Å². The third kappa shape index (κ3) is 7.98. The summed E-state index contributed by atoms with van der Waals surface area (Å²) in [7, 11) is 1.58. The molecule has 3 aromatic rings. The molecule has 3 aromatic carbocycles. The molecule has 3 rings (SSSR count). The largest absolute Gasteiger partial charge is 0.497 e. The Labute approximate surface area is 206 Å². The average Bonchev–Trinajstić information content (AvgIpc) is 2.84. The maximum absolute atomic E-state index is 14.2. The first kappa shape index (κ1) is 27.0. The third-order valence-corrected chi connectivity index (χ3v) is 5.46. The van der Waals surface area contributed by atoms with E-state index in [1.807, 2.05) is 24.3 Å². The van der Waals surface area contributed by atoms with Crippen molar-refractivity contribution in [1.82, 2.24) is 5.32 Å². The van der Waals surface area contributed by atoms with E-state index in [1.54, 1.807) is 7.11 Å². The molecule has 2 N–H and O–H groups in total. The van der Waals surface area contributed by atoms with Crippen molar-refractivity contribution in [2.75, 3.05) is 20.3 Å². The van der Waals surface area contributed by atoms with E-state index in [1.165, 1.54) is 24.3 Å². The molecule has 36 heavy (non-hydrogen) atoms. The van der Waals surface area contributed by atoms with Gasteiger partial charge in [-0.2, -0.15) is 13.2 Å². The second kappa shape index (κ2) is 12.4. The zero-order valence-electron chi connectivity index (χ0n) is 19.7. The maximum Gasteiger partial charge on any atom is 0.416 e. The predicted molar refractivity (Wildman–Crippen MR) is 128 cm³/mol. The molecule has 0 unspecified atom stereocenters. The van der Waals surface area contributed by atoms with Crippen LogP contribution in [0.25, 0.3) is 11.1 Å². The average molecular weight is 506 g/mol. The number of hydrogen-bond donors (Lipinski definition) is 2. The van der Waals surface area contributed by atoms with Gasteiger partial charge in [-0.25, -0.2) is 4.39 Å². The Morgan fingerprint density at radius 1 is 1.00 bits per heavy atom. The number of nitrogens with one attached hydrogen (secondary N) is 1. The van der Waals surface area contributed by atoms with Crippen LogP contribution in [0, 0.1) is 5.82 Å². The van der Waals surface area contributed by atoms with Crippen molar-refractivity contribution >= 4 is 5.97 Å². The lowest BCUT2D eigenvalue weighted by Crippen LogP contribution is -2.20. The van der Waals surface area contributed by atoms with Crippen molar-refractivity contribution in [2.45, 2.75) is 32.0 Å². The van der Waals surface area contributed by atoms with Crippen LogP contribution in [0.5, 0.6) is 11.5 Å². The fraction of sp³-hybridized carbons (Fsp3) is 0.296. The van der Waals surface area contributed by atoms with Gasteiger partial charge < -0.3 is 19.9 Å². The number of aryl methyl sites for hydroxylation is 1. The SMILES string of the molecule is COc1cccc(CNCCOc2cc(-c3ccc(F)c(CCCC(=O)O)c3)cc(C(F)(F)F)c2)c1. The van der Waals surface area contributed by atoms with Gasteiger partial charge in [-0.1, -0.05) is 18.2 Å². The molecule has 0 fully saturated rings. The standard InChI is InChI=1S/C27H27F4NO4/c1-35-23-6-2-4-18(12-23)17-32-10-11-36-24-15-21(14-22(16-24)27(29,30)31)19-8-9-25(28)20(13-19)5-3-7-26(33)34/h2,4,6,8-9,12-16,32H,3,5,7,10-11,17H2,1H3,(H,33,34). The lowest BCUT2D eigenvalue weighted by atomic mass is 9.98. The van der Waals surface area contributed by atoms with E-state index in [0.29, 0.717) is 18.7 Å². The number of benzene rings is 3. The highest BCUT2D eigenvalue weighted by Crippen LogP contribution is 2.36. The van der Waals surface area contributed by atoms with Gasteiger partial charge in [0.25, 0.3) is 0 Å². The Kier molecular flexibility index (Phi) is 9.30. The van der Waals surface area contributed by atoms with Crippen LogP contribution in [0.3, 0.4) is 0 Å². The van der Waals surface area contributed by atoms with Crippen molar-refractivity contribution in [2.24, 2.45) is 0 Å². The summed E-state index contributed by atoms with van der Waals surface area (Å²) in [4.78, 5) is 10.7. The van der Waals surface area contributed by atoms with E-state index >= 15 is 0 Å². The van der Waals surface area contributed by atoms with Gasteiger partial charge in [-0.05, 0) is 77.6 Å². The Bertz CT molecular complexity index is 1180. The molecule has 0 aliphatic heterocycles. The fourth-order valence-corrected chi connectivity index (χ4v) is 3.64. The zero-order chi connectivity index (χ0) is 26.1. The second-order valence-electron chi connectivity index (χ2n) is 8.17. The highest BCUT2D eigenvalue weighted by molar-refractivity contribution is 5.68. The molecule has 0 aliphatic carbocycles. The topological polar surface area (TPSA) is 67.8 Å². The van der Waals surface area contributed by atoms with Crippen molar-refractivity contribution < 1.29 is 36.9 Å². The molecule has 0 spiro atoms. The van der Waals surface area contributed by atoms with Gasteiger partial charge in [-0.15, -0.1) is 0 Å². The molecule has 192 valence electrons. The Hall–Kier alpha value is -3.59. The zero-order valence-corrected chi connectivity index (χ0v) is 19.7. The molecule has 0 saturated heterocycles. The number of hydrogen-bond acceptors (Lipinski definition) is 4. The molecule has 9 heteroatoms. The van der Waals surface area contributed by atoms with Crippen LogP contribution in [0.15, 0.2) is 60.7 Å². The van der Waals surface area contributed by atoms with Gasteiger partial charge >= 0.3 is 12.1 Å². The van der Waals surface area contributed by atoms with Gasteiger partial charge in [0.2, 0.25) is 0 Å². The van der Waals surface area contributed by atoms with Gasteiger partial charge in [0, 0.05) is 19.5 Å². The minimum absolute atomic E-state index is 0.0414. The van der Waals surface area contributed by atoms with Crippen LogP contribution < -0.4 is 14.8 Å². The molecule has 0 aromatic heterocycles. The summed E-state index contributed by atoms with van der Waals surface area (Å²) >= 11 is 0. The van der Waals surface area contributed by atoms with Crippen LogP contribution in [-0.2, 0) is 23.9 Å². The molecule has 0 saturated carbocycles. The minimum Gasteiger partial charge on any atom is -0.497 e. The number of carboxylic acid groups (broad SMARTS) is 1. The van der Waals surface area contributed by atoms with Crippen LogP contribution in [-0.4, -0.2) is 31.3 Å². The second-order valence-corrected chi connectivity index (χ2v) is 8.17. The molecule has 0 bridgehead atoms. The Morgan fingerprint density at radius 2 is 1.81 bits per heavy atom. The first-order valence-electron chi connectivity index (χ1n) is 11.3. The number of rotatable bonds is 12. The van der Waals surface area contributed by atoms with Gasteiger partial charge in [-0.3, -0.25) is 4.79 Å². The summed E-state index contributed by atoms with van der Waals surface area (Å²) in [5, 5.41) is 12.0. The van der Waals surface area contributed by atoms with Crippen LogP contribution >= 0.6 is 0 Å². The number of ether oxygens (including phenoxy) is 2. The van der Waals surface area contributed by atoms with Crippen molar-refractivity contribution in [3.05, 3.63) is 83.2 Å². The first-order valence-corrected chi connectivity index (χ1v) is 11.3. The van der Waals surface area contributed by atoms with Crippen LogP contribution in [0.4, 0.5) is 17.6 Å². The molecule has 0 heterocycles. The summed E-state index contributed by atoms with van der Waals surface area (Å²) in [6.07, 6.45) is -4.34. The number of methoxy groups -OCH3 is 1. The summed E-state index contributed by atoms with van der Waals surface area (Å²) in [5.41, 5.74) is 0.968. The number of halogens is 4. The minimum atomic E-state index is -4.59. The summed E-state index contributed by atoms with van der Waals surface area (Å²) in [5.74, 6) is -0.758. The van der Waals surface area contributed by atoms with E-state index < -0.39 is 23.5 Å². The molecule has 0 aliphatic rings. The fourth-order valence-electron chi connectivity index (χ4n) is 3.64. The highest BCUT2D eigenvalue weighted by atomic mass is 19.4. The van der Waals surface area contributed by atoms with E-state index in [9.17, 15) is 22.4 Å². The van der Waals surface area contributed by atoms with Gasteiger partial charge in [0.1, 0.15) is 23.9 Å². The Morgan fingerprint density at radius 3 is 2.53 bits per heavy atom. The maximum atomic E-state index is 14.2. The summed E-state index contributed by atoms with van der Waals surface area (Å²) in [6.45, 7) is 1.07. The van der Waals surface area contributed by atoms with Gasteiger partial charge in [0.15, 0.2) is 0 Å². The predicted octanol–water partition coefficient (Wildman–Crippen LogP) is 6.10. The lowest BCUT2D eigenvalue weighted by molar-refractivity contribution is -0.138. The lowest BCUT2D eigenvalue weighted by Gasteiger charge is -2.15.